The fourth-order valence-electron chi connectivity index (χ4n) is 2.18. The molecule has 0 aromatic carbocycles. The first-order valence-electron chi connectivity index (χ1n) is 6.48. The Hall–Kier alpha value is -2.28. The molecule has 3 rings (SSSR count). The lowest BCUT2D eigenvalue weighted by atomic mass is 10.2. The van der Waals surface area contributed by atoms with E-state index in [0.29, 0.717) is 5.89 Å². The van der Waals surface area contributed by atoms with Gasteiger partial charge in [-0.2, -0.15) is 10.1 Å². The van der Waals surface area contributed by atoms with Crippen molar-refractivity contribution in [3.05, 3.63) is 35.7 Å². The molecule has 3 aromatic rings. The Kier molecular flexibility index (Phi) is 3.42. The largest absolute Gasteiger partial charge is 0.340 e. The summed E-state index contributed by atoms with van der Waals surface area (Å²) in [6.45, 7) is 3.54. The number of aryl methyl sites for hydroxylation is 2. The SMILES string of the molecule is Cc1nn(C)c2ncc(CNCCc3ncno3)cc12. The molecule has 7 heteroatoms. The third-order valence-corrected chi connectivity index (χ3v) is 3.17. The molecule has 0 fully saturated rings. The molecule has 0 aliphatic carbocycles. The highest BCUT2D eigenvalue weighted by Gasteiger charge is 2.06. The second-order valence-electron chi connectivity index (χ2n) is 4.69. The maximum absolute atomic E-state index is 4.94. The van der Waals surface area contributed by atoms with Crippen LogP contribution in [0.5, 0.6) is 0 Å². The molecule has 20 heavy (non-hydrogen) atoms. The zero-order valence-corrected chi connectivity index (χ0v) is 11.5. The van der Waals surface area contributed by atoms with E-state index in [1.54, 1.807) is 4.68 Å². The molecule has 0 radical (unpaired) electrons. The molecule has 0 unspecified atom stereocenters. The molecule has 0 aliphatic heterocycles. The number of aromatic nitrogens is 5. The van der Waals surface area contributed by atoms with Crippen LogP contribution in [0.4, 0.5) is 0 Å². The van der Waals surface area contributed by atoms with Crippen LogP contribution in [-0.4, -0.2) is 31.4 Å². The van der Waals surface area contributed by atoms with Gasteiger partial charge in [-0.3, -0.25) is 4.68 Å². The Balaban J connectivity index is 1.61. The number of fused-ring (bicyclic) bond motifs is 1. The van der Waals surface area contributed by atoms with Gasteiger partial charge in [0.1, 0.15) is 0 Å². The van der Waals surface area contributed by atoms with Crippen LogP contribution in [0.1, 0.15) is 17.1 Å². The summed E-state index contributed by atoms with van der Waals surface area (Å²) in [4.78, 5) is 8.42. The first-order chi connectivity index (χ1) is 9.74. The number of hydrogen-bond acceptors (Lipinski definition) is 6. The molecule has 0 aliphatic rings. The van der Waals surface area contributed by atoms with E-state index in [4.69, 9.17) is 4.52 Å². The highest BCUT2D eigenvalue weighted by molar-refractivity contribution is 5.78. The summed E-state index contributed by atoms with van der Waals surface area (Å²) in [5.41, 5.74) is 3.05. The molecule has 0 spiro atoms. The maximum Gasteiger partial charge on any atom is 0.227 e. The smallest absolute Gasteiger partial charge is 0.227 e. The summed E-state index contributed by atoms with van der Waals surface area (Å²) in [5.74, 6) is 0.647. The third-order valence-electron chi connectivity index (χ3n) is 3.17. The summed E-state index contributed by atoms with van der Waals surface area (Å²) in [5, 5.41) is 12.4. The van der Waals surface area contributed by atoms with Crippen molar-refractivity contribution in [3.63, 3.8) is 0 Å². The molecule has 0 saturated heterocycles. The van der Waals surface area contributed by atoms with E-state index in [-0.39, 0.29) is 0 Å². The van der Waals surface area contributed by atoms with Crippen LogP contribution in [0.15, 0.2) is 23.1 Å². The van der Waals surface area contributed by atoms with Crippen LogP contribution in [0.3, 0.4) is 0 Å². The monoisotopic (exact) mass is 272 g/mol. The second-order valence-corrected chi connectivity index (χ2v) is 4.69. The van der Waals surface area contributed by atoms with Gasteiger partial charge in [-0.15, -0.1) is 0 Å². The Morgan fingerprint density at radius 1 is 1.35 bits per heavy atom. The average Bonchev–Trinajstić information content (AvgIpc) is 3.05. The van der Waals surface area contributed by atoms with Gasteiger partial charge < -0.3 is 9.84 Å². The van der Waals surface area contributed by atoms with Crippen molar-refractivity contribution < 1.29 is 4.52 Å². The molecule has 0 atom stereocenters. The minimum Gasteiger partial charge on any atom is -0.340 e. The summed E-state index contributed by atoms with van der Waals surface area (Å²) in [6.07, 6.45) is 4.02. The normalized spacial score (nSPS) is 11.3. The van der Waals surface area contributed by atoms with E-state index in [9.17, 15) is 0 Å². The predicted molar refractivity (Wildman–Crippen MR) is 73.0 cm³/mol. The number of pyridine rings is 1. The molecule has 104 valence electrons. The van der Waals surface area contributed by atoms with Crippen molar-refractivity contribution in [2.24, 2.45) is 7.05 Å². The zero-order valence-electron chi connectivity index (χ0n) is 11.5. The topological polar surface area (TPSA) is 81.7 Å². The molecule has 0 bridgehead atoms. The maximum atomic E-state index is 4.94. The van der Waals surface area contributed by atoms with Crippen molar-refractivity contribution >= 4 is 11.0 Å². The summed E-state index contributed by atoms with van der Waals surface area (Å²) < 4.78 is 6.74. The van der Waals surface area contributed by atoms with Crippen molar-refractivity contribution in [1.82, 2.24) is 30.2 Å². The van der Waals surface area contributed by atoms with E-state index < -0.39 is 0 Å². The van der Waals surface area contributed by atoms with Gasteiger partial charge in [-0.05, 0) is 18.6 Å². The van der Waals surface area contributed by atoms with E-state index in [1.165, 1.54) is 6.33 Å². The fourth-order valence-corrected chi connectivity index (χ4v) is 2.18. The van der Waals surface area contributed by atoms with Crippen LogP contribution in [0.25, 0.3) is 11.0 Å². The van der Waals surface area contributed by atoms with Gasteiger partial charge in [0.2, 0.25) is 5.89 Å². The van der Waals surface area contributed by atoms with Gasteiger partial charge in [0.05, 0.1) is 5.69 Å². The number of hydrogen-bond donors (Lipinski definition) is 1. The Labute approximate surface area is 116 Å². The van der Waals surface area contributed by atoms with Crippen molar-refractivity contribution in [2.75, 3.05) is 6.54 Å². The predicted octanol–water partition coefficient (Wildman–Crippen LogP) is 0.992. The molecular weight excluding hydrogens is 256 g/mol. The molecule has 3 heterocycles. The molecule has 3 aromatic heterocycles. The standard InChI is InChI=1S/C13H16N6O/c1-9-11-5-10(7-15-13(11)19(2)18-9)6-14-4-3-12-16-8-17-20-12/h5,7-8,14H,3-4,6H2,1-2H3. The quantitative estimate of drug-likeness (QED) is 0.698. The molecule has 0 saturated carbocycles. The molecule has 0 amide bonds. The lowest BCUT2D eigenvalue weighted by molar-refractivity contribution is 0.375. The first kappa shape index (κ1) is 12.7. The minimum atomic E-state index is 0.647. The van der Waals surface area contributed by atoms with Crippen molar-refractivity contribution in [3.8, 4) is 0 Å². The number of nitrogens with one attached hydrogen (secondary N) is 1. The van der Waals surface area contributed by atoms with Gasteiger partial charge in [-0.25, -0.2) is 4.98 Å². The number of rotatable bonds is 5. The van der Waals surface area contributed by atoms with Crippen molar-refractivity contribution in [2.45, 2.75) is 19.9 Å². The van der Waals surface area contributed by atoms with Crippen LogP contribution < -0.4 is 5.32 Å². The van der Waals surface area contributed by atoms with Crippen LogP contribution >= 0.6 is 0 Å². The lowest BCUT2D eigenvalue weighted by Gasteiger charge is -2.03. The van der Waals surface area contributed by atoms with E-state index in [2.05, 4.69) is 31.6 Å². The fraction of sp³-hybridized carbons (Fsp3) is 0.385. The van der Waals surface area contributed by atoms with E-state index in [1.807, 2.05) is 20.2 Å². The van der Waals surface area contributed by atoms with Crippen molar-refractivity contribution in [1.29, 1.82) is 0 Å². The highest BCUT2D eigenvalue weighted by atomic mass is 16.5. The number of nitrogens with zero attached hydrogens (tertiary/aromatic N) is 5. The molecule has 7 nitrogen and oxygen atoms in total. The Morgan fingerprint density at radius 3 is 3.05 bits per heavy atom. The van der Waals surface area contributed by atoms with Crippen LogP contribution in [0, 0.1) is 6.92 Å². The Bertz CT molecular complexity index is 703. The van der Waals surface area contributed by atoms with Gasteiger partial charge in [-0.1, -0.05) is 5.16 Å². The Morgan fingerprint density at radius 2 is 2.25 bits per heavy atom. The zero-order chi connectivity index (χ0) is 13.9. The highest BCUT2D eigenvalue weighted by Crippen LogP contribution is 2.16. The first-order valence-corrected chi connectivity index (χ1v) is 6.48. The van der Waals surface area contributed by atoms with E-state index >= 15 is 0 Å². The average molecular weight is 272 g/mol. The summed E-state index contributed by atoms with van der Waals surface area (Å²) in [6, 6.07) is 2.13. The molecular formula is C13H16N6O. The van der Waals surface area contributed by atoms with Crippen LogP contribution in [0.2, 0.25) is 0 Å². The van der Waals surface area contributed by atoms with Gasteiger partial charge >= 0.3 is 0 Å². The molecule has 1 N–H and O–H groups in total. The third kappa shape index (κ3) is 2.53. The second kappa shape index (κ2) is 5.38. The summed E-state index contributed by atoms with van der Waals surface area (Å²) >= 11 is 0. The minimum absolute atomic E-state index is 0.647. The van der Waals surface area contributed by atoms with Gasteiger partial charge in [0.25, 0.3) is 0 Å². The van der Waals surface area contributed by atoms with E-state index in [0.717, 1.165) is 41.8 Å². The lowest BCUT2D eigenvalue weighted by Crippen LogP contribution is -2.16. The summed E-state index contributed by atoms with van der Waals surface area (Å²) in [7, 11) is 1.91. The van der Waals surface area contributed by atoms with Gasteiger partial charge in [0, 0.05) is 38.1 Å². The van der Waals surface area contributed by atoms with Gasteiger partial charge in [0.15, 0.2) is 12.0 Å². The van der Waals surface area contributed by atoms with Crippen LogP contribution in [-0.2, 0) is 20.0 Å².